The van der Waals surface area contributed by atoms with Crippen LogP contribution in [0.2, 0.25) is 0 Å². The van der Waals surface area contributed by atoms with E-state index in [1.165, 1.54) is 25.7 Å². The summed E-state index contributed by atoms with van der Waals surface area (Å²) in [6, 6.07) is 0. The van der Waals surface area contributed by atoms with Gasteiger partial charge in [0.1, 0.15) is 12.2 Å². The van der Waals surface area contributed by atoms with Crippen LogP contribution in [0.15, 0.2) is 6.33 Å². The Bertz CT molecular complexity index is 350. The summed E-state index contributed by atoms with van der Waals surface area (Å²) >= 11 is 0. The Labute approximate surface area is 104 Å². The molecule has 4 heteroatoms. The second-order valence-electron chi connectivity index (χ2n) is 5.84. The predicted molar refractivity (Wildman–Crippen MR) is 68.5 cm³/mol. The molecule has 1 saturated carbocycles. The fraction of sp³-hybridized carbons (Fsp3) is 0.846. The lowest BCUT2D eigenvalue weighted by Gasteiger charge is -2.26. The summed E-state index contributed by atoms with van der Waals surface area (Å²) in [6.45, 7) is 6.15. The van der Waals surface area contributed by atoms with Gasteiger partial charge in [-0.15, -0.1) is 0 Å². The monoisotopic (exact) mass is 236 g/mol. The molecular formula is C13H24N4. The first-order valence-electron chi connectivity index (χ1n) is 6.72. The van der Waals surface area contributed by atoms with Gasteiger partial charge in [0.25, 0.3) is 0 Å². The van der Waals surface area contributed by atoms with E-state index in [-0.39, 0.29) is 0 Å². The van der Waals surface area contributed by atoms with Crippen LogP contribution in [0.1, 0.15) is 45.4 Å². The van der Waals surface area contributed by atoms with Crippen LogP contribution in [-0.2, 0) is 13.0 Å². The van der Waals surface area contributed by atoms with Crippen molar-refractivity contribution in [3.05, 3.63) is 12.2 Å². The van der Waals surface area contributed by atoms with Crippen molar-refractivity contribution in [1.29, 1.82) is 0 Å². The minimum atomic E-state index is 0.293. The van der Waals surface area contributed by atoms with Gasteiger partial charge in [0.2, 0.25) is 0 Å². The lowest BCUT2D eigenvalue weighted by Crippen LogP contribution is -2.31. The third kappa shape index (κ3) is 2.86. The second-order valence-corrected chi connectivity index (χ2v) is 5.84. The van der Waals surface area contributed by atoms with Crippen LogP contribution in [0.5, 0.6) is 0 Å². The first-order valence-corrected chi connectivity index (χ1v) is 6.72. The molecule has 1 heterocycles. The van der Waals surface area contributed by atoms with Crippen molar-refractivity contribution in [1.82, 2.24) is 14.8 Å². The largest absolute Gasteiger partial charge is 0.330 e. The second kappa shape index (κ2) is 5.17. The fourth-order valence-corrected chi connectivity index (χ4v) is 2.84. The molecule has 0 aliphatic heterocycles. The molecule has 0 saturated heterocycles. The van der Waals surface area contributed by atoms with E-state index in [4.69, 9.17) is 5.73 Å². The SMILES string of the molecule is CC(C)Cn1ncnc1CC1(CN)CCCC1. The van der Waals surface area contributed by atoms with Crippen LogP contribution in [-0.4, -0.2) is 21.3 Å². The number of hydrogen-bond donors (Lipinski definition) is 1. The van der Waals surface area contributed by atoms with Crippen LogP contribution in [0, 0.1) is 11.3 Å². The van der Waals surface area contributed by atoms with Gasteiger partial charge in [-0.25, -0.2) is 9.67 Å². The van der Waals surface area contributed by atoms with Gasteiger partial charge in [-0.1, -0.05) is 26.7 Å². The van der Waals surface area contributed by atoms with Crippen LogP contribution < -0.4 is 5.73 Å². The van der Waals surface area contributed by atoms with Crippen molar-refractivity contribution in [3.8, 4) is 0 Å². The Morgan fingerprint density at radius 3 is 2.71 bits per heavy atom. The molecule has 0 unspecified atom stereocenters. The third-order valence-corrected chi connectivity index (χ3v) is 3.86. The molecule has 1 aliphatic carbocycles. The van der Waals surface area contributed by atoms with Gasteiger partial charge in [0, 0.05) is 13.0 Å². The highest BCUT2D eigenvalue weighted by Gasteiger charge is 2.34. The van der Waals surface area contributed by atoms with Crippen LogP contribution >= 0.6 is 0 Å². The maximum Gasteiger partial charge on any atom is 0.138 e. The normalized spacial score (nSPS) is 19.1. The Morgan fingerprint density at radius 1 is 1.41 bits per heavy atom. The molecule has 1 aromatic rings. The van der Waals surface area contributed by atoms with Gasteiger partial charge in [-0.2, -0.15) is 5.10 Å². The van der Waals surface area contributed by atoms with E-state index in [2.05, 4.69) is 28.6 Å². The molecule has 96 valence electrons. The molecule has 0 amide bonds. The summed E-state index contributed by atoms with van der Waals surface area (Å²) in [7, 11) is 0. The summed E-state index contributed by atoms with van der Waals surface area (Å²) < 4.78 is 2.06. The van der Waals surface area contributed by atoms with E-state index in [1.54, 1.807) is 6.33 Å². The first-order chi connectivity index (χ1) is 8.15. The van der Waals surface area contributed by atoms with Crippen molar-refractivity contribution in [3.63, 3.8) is 0 Å². The topological polar surface area (TPSA) is 56.7 Å². The van der Waals surface area contributed by atoms with Gasteiger partial charge in [0.15, 0.2) is 0 Å². The zero-order chi connectivity index (χ0) is 12.3. The Morgan fingerprint density at radius 2 is 2.12 bits per heavy atom. The van der Waals surface area contributed by atoms with Gasteiger partial charge in [0.05, 0.1) is 0 Å². The van der Waals surface area contributed by atoms with E-state index < -0.39 is 0 Å². The zero-order valence-corrected chi connectivity index (χ0v) is 11.0. The number of hydrogen-bond acceptors (Lipinski definition) is 3. The van der Waals surface area contributed by atoms with E-state index >= 15 is 0 Å². The molecule has 4 nitrogen and oxygen atoms in total. The summed E-state index contributed by atoms with van der Waals surface area (Å²) in [6.07, 6.45) is 7.80. The Hall–Kier alpha value is -0.900. The molecule has 2 rings (SSSR count). The van der Waals surface area contributed by atoms with Crippen LogP contribution in [0.4, 0.5) is 0 Å². The highest BCUT2D eigenvalue weighted by molar-refractivity contribution is 4.97. The maximum atomic E-state index is 5.98. The molecule has 0 spiro atoms. The molecule has 17 heavy (non-hydrogen) atoms. The Balaban J connectivity index is 2.09. The quantitative estimate of drug-likeness (QED) is 0.850. The van der Waals surface area contributed by atoms with Gasteiger partial charge in [-0.3, -0.25) is 0 Å². The third-order valence-electron chi connectivity index (χ3n) is 3.86. The average molecular weight is 236 g/mol. The number of nitrogens with two attached hydrogens (primary N) is 1. The maximum absolute atomic E-state index is 5.98. The average Bonchev–Trinajstić information content (AvgIpc) is 2.90. The smallest absolute Gasteiger partial charge is 0.138 e. The van der Waals surface area contributed by atoms with Crippen molar-refractivity contribution in [2.75, 3.05) is 6.54 Å². The van der Waals surface area contributed by atoms with Crippen molar-refractivity contribution >= 4 is 0 Å². The van der Waals surface area contributed by atoms with Crippen molar-refractivity contribution in [2.24, 2.45) is 17.1 Å². The van der Waals surface area contributed by atoms with Gasteiger partial charge in [-0.05, 0) is 30.7 Å². The number of rotatable bonds is 5. The molecule has 0 radical (unpaired) electrons. The Kier molecular flexibility index (Phi) is 3.82. The number of nitrogens with zero attached hydrogens (tertiary/aromatic N) is 3. The van der Waals surface area contributed by atoms with E-state index in [1.807, 2.05) is 0 Å². The number of aromatic nitrogens is 3. The summed E-state index contributed by atoms with van der Waals surface area (Å²) in [4.78, 5) is 4.42. The summed E-state index contributed by atoms with van der Waals surface area (Å²) in [5.74, 6) is 1.72. The summed E-state index contributed by atoms with van der Waals surface area (Å²) in [5.41, 5.74) is 6.27. The van der Waals surface area contributed by atoms with Crippen molar-refractivity contribution in [2.45, 2.75) is 52.5 Å². The van der Waals surface area contributed by atoms with E-state index in [0.29, 0.717) is 11.3 Å². The highest BCUT2D eigenvalue weighted by atomic mass is 15.3. The standard InChI is InChI=1S/C13H24N4/c1-11(2)8-17-12(15-10-16-17)7-13(9-14)5-3-4-6-13/h10-11H,3-9,14H2,1-2H3. The molecule has 1 fully saturated rings. The first kappa shape index (κ1) is 12.6. The minimum absolute atomic E-state index is 0.293. The highest BCUT2D eigenvalue weighted by Crippen LogP contribution is 2.39. The summed E-state index contributed by atoms with van der Waals surface area (Å²) in [5, 5.41) is 4.33. The van der Waals surface area contributed by atoms with Crippen molar-refractivity contribution < 1.29 is 0 Å². The fourth-order valence-electron chi connectivity index (χ4n) is 2.84. The van der Waals surface area contributed by atoms with Gasteiger partial charge < -0.3 is 5.73 Å². The van der Waals surface area contributed by atoms with Crippen LogP contribution in [0.3, 0.4) is 0 Å². The molecule has 0 atom stereocenters. The zero-order valence-electron chi connectivity index (χ0n) is 11.0. The molecule has 0 bridgehead atoms. The minimum Gasteiger partial charge on any atom is -0.330 e. The molecule has 1 aromatic heterocycles. The molecule has 1 aliphatic rings. The van der Waals surface area contributed by atoms with E-state index in [0.717, 1.165) is 25.3 Å². The van der Waals surface area contributed by atoms with E-state index in [9.17, 15) is 0 Å². The van der Waals surface area contributed by atoms with Gasteiger partial charge >= 0.3 is 0 Å². The molecular weight excluding hydrogens is 212 g/mol. The lowest BCUT2D eigenvalue weighted by atomic mass is 9.82. The molecule has 0 aromatic carbocycles. The van der Waals surface area contributed by atoms with Crippen LogP contribution in [0.25, 0.3) is 0 Å². The lowest BCUT2D eigenvalue weighted by molar-refractivity contribution is 0.290. The predicted octanol–water partition coefficient (Wildman–Crippen LogP) is 2.00. The molecule has 2 N–H and O–H groups in total.